The van der Waals surface area contributed by atoms with Gasteiger partial charge in [-0.3, -0.25) is 14.5 Å². The zero-order chi connectivity index (χ0) is 22.8. The monoisotopic (exact) mass is 454 g/mol. The maximum Gasteiger partial charge on any atom is 0.295 e. The van der Waals surface area contributed by atoms with E-state index in [4.69, 9.17) is 16.3 Å². The number of benzene rings is 2. The largest absolute Gasteiger partial charge is 0.507 e. The smallest absolute Gasteiger partial charge is 0.295 e. The highest BCUT2D eigenvalue weighted by Gasteiger charge is 2.46. The molecular weight excluding hydrogens is 428 g/mol. The summed E-state index contributed by atoms with van der Waals surface area (Å²) in [7, 11) is 0. The molecule has 0 bridgehead atoms. The SMILES string of the molecule is Cc1ccc(C)c(/C(O)=C2\C(=O)C(=O)N(CCN3CCOCC3)C2c2cccc(Cl)c2)c1. The van der Waals surface area contributed by atoms with Crippen LogP contribution in [-0.2, 0) is 14.3 Å². The van der Waals surface area contributed by atoms with Crippen molar-refractivity contribution in [1.29, 1.82) is 0 Å². The van der Waals surface area contributed by atoms with Gasteiger partial charge in [0.05, 0.1) is 24.8 Å². The van der Waals surface area contributed by atoms with Crippen LogP contribution >= 0.6 is 11.6 Å². The van der Waals surface area contributed by atoms with Gasteiger partial charge in [0.15, 0.2) is 0 Å². The third-order valence-electron chi connectivity index (χ3n) is 6.11. The molecule has 7 heteroatoms. The van der Waals surface area contributed by atoms with Crippen LogP contribution in [-0.4, -0.2) is 66.0 Å². The lowest BCUT2D eigenvalue weighted by atomic mass is 9.93. The number of ether oxygens (including phenoxy) is 1. The van der Waals surface area contributed by atoms with Crippen molar-refractivity contribution >= 4 is 29.1 Å². The van der Waals surface area contributed by atoms with Gasteiger partial charge in [-0.05, 0) is 43.2 Å². The predicted molar refractivity (Wildman–Crippen MR) is 124 cm³/mol. The number of amides is 1. The first-order valence-corrected chi connectivity index (χ1v) is 11.2. The number of carbonyl (C=O) groups is 2. The quantitative estimate of drug-likeness (QED) is 0.423. The summed E-state index contributed by atoms with van der Waals surface area (Å²) in [5.74, 6) is -1.42. The number of Topliss-reactive ketones (excluding diaryl/α,β-unsaturated/α-hetero) is 1. The van der Waals surface area contributed by atoms with Gasteiger partial charge in [-0.15, -0.1) is 0 Å². The Kier molecular flexibility index (Phi) is 6.65. The summed E-state index contributed by atoms with van der Waals surface area (Å²) in [6.45, 7) is 7.67. The fourth-order valence-corrected chi connectivity index (χ4v) is 4.54. The van der Waals surface area contributed by atoms with E-state index in [0.29, 0.717) is 42.5 Å². The van der Waals surface area contributed by atoms with Crippen LogP contribution in [0.3, 0.4) is 0 Å². The molecule has 2 aromatic rings. The Morgan fingerprint density at radius 3 is 2.56 bits per heavy atom. The van der Waals surface area contributed by atoms with E-state index in [1.54, 1.807) is 23.1 Å². The molecule has 32 heavy (non-hydrogen) atoms. The number of hydrogen-bond acceptors (Lipinski definition) is 5. The normalized spacial score (nSPS) is 21.3. The topological polar surface area (TPSA) is 70.1 Å². The highest BCUT2D eigenvalue weighted by molar-refractivity contribution is 6.46. The Hall–Kier alpha value is -2.67. The molecule has 2 aliphatic heterocycles. The number of aliphatic hydroxyl groups is 1. The second-order valence-electron chi connectivity index (χ2n) is 8.32. The molecule has 1 unspecified atom stereocenters. The number of nitrogens with zero attached hydrogens (tertiary/aromatic N) is 2. The number of aliphatic hydroxyl groups excluding tert-OH is 1. The first kappa shape index (κ1) is 22.5. The Morgan fingerprint density at radius 2 is 1.84 bits per heavy atom. The molecule has 6 nitrogen and oxygen atoms in total. The number of carbonyl (C=O) groups excluding carboxylic acids is 2. The van der Waals surface area contributed by atoms with Crippen LogP contribution in [0.5, 0.6) is 0 Å². The zero-order valence-electron chi connectivity index (χ0n) is 18.3. The van der Waals surface area contributed by atoms with E-state index in [2.05, 4.69) is 4.90 Å². The molecule has 2 saturated heterocycles. The van der Waals surface area contributed by atoms with Gasteiger partial charge in [-0.2, -0.15) is 0 Å². The maximum absolute atomic E-state index is 13.2. The summed E-state index contributed by atoms with van der Waals surface area (Å²) in [4.78, 5) is 30.0. The molecule has 2 aliphatic rings. The lowest BCUT2D eigenvalue weighted by Crippen LogP contribution is -2.42. The van der Waals surface area contributed by atoms with E-state index >= 15 is 0 Å². The lowest BCUT2D eigenvalue weighted by Gasteiger charge is -2.31. The van der Waals surface area contributed by atoms with Crippen LogP contribution in [0.1, 0.15) is 28.3 Å². The van der Waals surface area contributed by atoms with Crippen molar-refractivity contribution in [1.82, 2.24) is 9.80 Å². The van der Waals surface area contributed by atoms with E-state index in [9.17, 15) is 14.7 Å². The number of rotatable bonds is 5. The fourth-order valence-electron chi connectivity index (χ4n) is 4.34. The molecule has 2 heterocycles. The summed E-state index contributed by atoms with van der Waals surface area (Å²) < 4.78 is 5.40. The molecule has 2 aromatic carbocycles. The molecule has 4 rings (SSSR count). The highest BCUT2D eigenvalue weighted by atomic mass is 35.5. The Balaban J connectivity index is 1.78. The molecule has 168 valence electrons. The van der Waals surface area contributed by atoms with Crippen LogP contribution in [0.25, 0.3) is 5.76 Å². The summed E-state index contributed by atoms with van der Waals surface area (Å²) in [5, 5.41) is 11.8. The van der Waals surface area contributed by atoms with Gasteiger partial charge in [0.2, 0.25) is 0 Å². The van der Waals surface area contributed by atoms with Crippen molar-refractivity contribution in [2.75, 3.05) is 39.4 Å². The van der Waals surface area contributed by atoms with E-state index in [0.717, 1.165) is 24.2 Å². The third kappa shape index (κ3) is 4.44. The van der Waals surface area contributed by atoms with Gasteiger partial charge in [0, 0.05) is 36.8 Å². The summed E-state index contributed by atoms with van der Waals surface area (Å²) in [6.07, 6.45) is 0. The molecule has 1 N–H and O–H groups in total. The van der Waals surface area contributed by atoms with Crippen molar-refractivity contribution in [3.05, 3.63) is 75.3 Å². The molecule has 1 amide bonds. The van der Waals surface area contributed by atoms with Crippen LogP contribution in [0, 0.1) is 13.8 Å². The van der Waals surface area contributed by atoms with Crippen molar-refractivity contribution in [3.8, 4) is 0 Å². The summed E-state index contributed by atoms with van der Waals surface area (Å²) >= 11 is 6.24. The van der Waals surface area contributed by atoms with Gasteiger partial charge < -0.3 is 14.7 Å². The van der Waals surface area contributed by atoms with Crippen LogP contribution < -0.4 is 0 Å². The van der Waals surface area contributed by atoms with Gasteiger partial charge in [-0.1, -0.05) is 41.4 Å². The zero-order valence-corrected chi connectivity index (χ0v) is 19.1. The van der Waals surface area contributed by atoms with Gasteiger partial charge in [0.1, 0.15) is 5.76 Å². The molecule has 0 aromatic heterocycles. The van der Waals surface area contributed by atoms with Crippen LogP contribution in [0.4, 0.5) is 0 Å². The minimum atomic E-state index is -0.699. The molecule has 0 radical (unpaired) electrons. The second-order valence-corrected chi connectivity index (χ2v) is 8.76. The van der Waals surface area contributed by atoms with Crippen molar-refractivity contribution in [2.24, 2.45) is 0 Å². The van der Waals surface area contributed by atoms with E-state index in [-0.39, 0.29) is 11.3 Å². The molecule has 1 atom stereocenters. The van der Waals surface area contributed by atoms with Crippen molar-refractivity contribution < 1.29 is 19.4 Å². The number of likely N-dealkylation sites (tertiary alicyclic amines) is 1. The number of ketones is 1. The number of hydrogen-bond donors (Lipinski definition) is 1. The molecule has 0 spiro atoms. The third-order valence-corrected chi connectivity index (χ3v) is 6.35. The maximum atomic E-state index is 13.2. The number of aryl methyl sites for hydroxylation is 2. The van der Waals surface area contributed by atoms with Crippen molar-refractivity contribution in [2.45, 2.75) is 19.9 Å². The van der Waals surface area contributed by atoms with E-state index < -0.39 is 17.7 Å². The van der Waals surface area contributed by atoms with Gasteiger partial charge in [-0.25, -0.2) is 0 Å². The molecule has 0 saturated carbocycles. The molecule has 0 aliphatic carbocycles. The Labute approximate surface area is 193 Å². The van der Waals surface area contributed by atoms with Crippen LogP contribution in [0.15, 0.2) is 48.0 Å². The minimum absolute atomic E-state index is 0.105. The summed E-state index contributed by atoms with van der Waals surface area (Å²) in [6, 6.07) is 12.1. The van der Waals surface area contributed by atoms with Gasteiger partial charge in [0.25, 0.3) is 11.7 Å². The molecule has 2 fully saturated rings. The minimum Gasteiger partial charge on any atom is -0.507 e. The van der Waals surface area contributed by atoms with Crippen molar-refractivity contribution in [3.63, 3.8) is 0 Å². The first-order valence-electron chi connectivity index (χ1n) is 10.8. The Morgan fingerprint density at radius 1 is 1.09 bits per heavy atom. The van der Waals surface area contributed by atoms with E-state index in [1.165, 1.54) is 0 Å². The fraction of sp³-hybridized carbons (Fsp3) is 0.360. The molecular formula is C25H27ClN2O4. The first-order chi connectivity index (χ1) is 15.4. The average molecular weight is 455 g/mol. The summed E-state index contributed by atoms with van der Waals surface area (Å²) in [5.41, 5.74) is 3.15. The van der Waals surface area contributed by atoms with Crippen LogP contribution in [0.2, 0.25) is 5.02 Å². The standard InChI is InChI=1S/C25H27ClN2O4/c1-16-6-7-17(2)20(14-16)23(29)21-22(18-4-3-5-19(26)15-18)28(25(31)24(21)30)9-8-27-10-12-32-13-11-27/h3-7,14-15,22,29H,8-13H2,1-2H3/b23-21+. The lowest BCUT2D eigenvalue weighted by molar-refractivity contribution is -0.140. The van der Waals surface area contributed by atoms with E-state index in [1.807, 2.05) is 38.1 Å². The van der Waals surface area contributed by atoms with Gasteiger partial charge >= 0.3 is 0 Å². The number of morpholine rings is 1. The average Bonchev–Trinajstić information content (AvgIpc) is 3.04. The predicted octanol–water partition coefficient (Wildman–Crippen LogP) is 3.71. The highest BCUT2D eigenvalue weighted by Crippen LogP contribution is 2.40. The Bertz CT molecular complexity index is 1080. The number of halogens is 1. The second kappa shape index (κ2) is 9.45.